The summed E-state index contributed by atoms with van der Waals surface area (Å²) in [6.07, 6.45) is 3.50. The van der Waals surface area contributed by atoms with Crippen LogP contribution in [0, 0.1) is 0 Å². The number of hydrogen-bond acceptors (Lipinski definition) is 4. The van der Waals surface area contributed by atoms with Crippen molar-refractivity contribution in [3.63, 3.8) is 0 Å². The first-order valence-corrected chi connectivity index (χ1v) is 5.48. The van der Waals surface area contributed by atoms with E-state index in [0.29, 0.717) is 13.2 Å². The van der Waals surface area contributed by atoms with Crippen LogP contribution in [0.1, 0.15) is 13.8 Å². The molecule has 5 heteroatoms. The Bertz CT molecular complexity index is 196. The van der Waals surface area contributed by atoms with Crippen molar-refractivity contribution in [2.45, 2.75) is 13.8 Å². The van der Waals surface area contributed by atoms with Gasteiger partial charge in [0, 0.05) is 17.0 Å². The lowest BCUT2D eigenvalue weighted by Gasteiger charge is -1.78. The molecule has 0 aromatic carbocycles. The lowest BCUT2D eigenvalue weighted by molar-refractivity contribution is 0.243. The molecule has 0 bridgehead atoms. The highest BCUT2D eigenvalue weighted by Crippen LogP contribution is 2.21. The first kappa shape index (κ1) is 13.2. The summed E-state index contributed by atoms with van der Waals surface area (Å²) in [5.74, 6) is 0. The molecule has 1 heterocycles. The SMILES string of the molecule is CCO[P+](=O)OCC.c1ccncc1. The summed E-state index contributed by atoms with van der Waals surface area (Å²) in [5, 5.41) is 0. The van der Waals surface area contributed by atoms with Gasteiger partial charge < -0.3 is 0 Å². The smallest absolute Gasteiger partial charge is 0.265 e. The van der Waals surface area contributed by atoms with Crippen molar-refractivity contribution >= 4 is 8.25 Å². The quantitative estimate of drug-likeness (QED) is 0.726. The van der Waals surface area contributed by atoms with Crippen molar-refractivity contribution in [3.05, 3.63) is 30.6 Å². The van der Waals surface area contributed by atoms with Crippen molar-refractivity contribution in [2.75, 3.05) is 13.2 Å². The second kappa shape index (κ2) is 10.3. The van der Waals surface area contributed by atoms with Crippen LogP contribution >= 0.6 is 8.25 Å². The van der Waals surface area contributed by atoms with Crippen molar-refractivity contribution in [2.24, 2.45) is 0 Å². The monoisotopic (exact) mass is 216 g/mol. The van der Waals surface area contributed by atoms with Crippen molar-refractivity contribution in [3.8, 4) is 0 Å². The van der Waals surface area contributed by atoms with E-state index in [-0.39, 0.29) is 0 Å². The van der Waals surface area contributed by atoms with Crippen molar-refractivity contribution < 1.29 is 13.6 Å². The minimum absolute atomic E-state index is 0.440. The van der Waals surface area contributed by atoms with Crippen LogP contribution in [0.4, 0.5) is 0 Å². The van der Waals surface area contributed by atoms with E-state index < -0.39 is 8.25 Å². The van der Waals surface area contributed by atoms with Gasteiger partial charge in [0.05, 0.1) is 0 Å². The molecule has 0 aliphatic heterocycles. The van der Waals surface area contributed by atoms with Crippen molar-refractivity contribution in [1.29, 1.82) is 0 Å². The molecular formula is C9H15NO3P+. The van der Waals surface area contributed by atoms with Gasteiger partial charge in [-0.15, -0.1) is 9.05 Å². The molecule has 14 heavy (non-hydrogen) atoms. The number of pyridine rings is 1. The van der Waals surface area contributed by atoms with E-state index in [1.807, 2.05) is 18.2 Å². The zero-order valence-corrected chi connectivity index (χ0v) is 9.31. The molecule has 1 aromatic rings. The van der Waals surface area contributed by atoms with E-state index in [1.54, 1.807) is 26.2 Å². The van der Waals surface area contributed by atoms with E-state index in [1.165, 1.54) is 0 Å². The molecule has 0 fully saturated rings. The van der Waals surface area contributed by atoms with Gasteiger partial charge in [-0.1, -0.05) is 6.07 Å². The zero-order chi connectivity index (χ0) is 10.6. The molecule has 0 aliphatic carbocycles. The van der Waals surface area contributed by atoms with Gasteiger partial charge in [-0.2, -0.15) is 0 Å². The molecule has 1 rings (SSSR count). The molecule has 0 amide bonds. The molecule has 0 radical (unpaired) electrons. The fraction of sp³-hybridized carbons (Fsp3) is 0.444. The summed E-state index contributed by atoms with van der Waals surface area (Å²) in [6.45, 7) is 4.42. The van der Waals surface area contributed by atoms with Crippen LogP contribution in [0.3, 0.4) is 0 Å². The Labute approximate surface area is 85.2 Å². The Hall–Kier alpha value is -0.830. The summed E-state index contributed by atoms with van der Waals surface area (Å²) >= 11 is 0. The predicted octanol–water partition coefficient (Wildman–Crippen LogP) is 2.80. The third kappa shape index (κ3) is 9.26. The Morgan fingerprint density at radius 3 is 1.79 bits per heavy atom. The fourth-order valence-electron chi connectivity index (χ4n) is 0.561. The largest absolute Gasteiger partial charge is 0.697 e. The van der Waals surface area contributed by atoms with Crippen LogP contribution in [-0.4, -0.2) is 18.2 Å². The molecule has 1 aromatic heterocycles. The first-order valence-electron chi connectivity index (χ1n) is 4.39. The number of hydrogen-bond donors (Lipinski definition) is 0. The normalized spacial score (nSPS) is 8.71. The molecule has 78 valence electrons. The third-order valence-corrected chi connectivity index (χ3v) is 1.97. The average Bonchev–Trinajstić information content (AvgIpc) is 2.22. The predicted molar refractivity (Wildman–Crippen MR) is 55.1 cm³/mol. The number of rotatable bonds is 4. The second-order valence-corrected chi connectivity index (χ2v) is 3.05. The lowest BCUT2D eigenvalue weighted by Crippen LogP contribution is -1.81. The molecule has 0 saturated heterocycles. The number of aromatic nitrogens is 1. The van der Waals surface area contributed by atoms with Crippen LogP contribution in [-0.2, 0) is 13.6 Å². The van der Waals surface area contributed by atoms with Crippen LogP contribution in [0.2, 0.25) is 0 Å². The highest BCUT2D eigenvalue weighted by molar-refractivity contribution is 7.33. The fourth-order valence-corrected chi connectivity index (χ4v) is 1.06. The maximum atomic E-state index is 10.3. The van der Waals surface area contributed by atoms with Crippen LogP contribution in [0.15, 0.2) is 30.6 Å². The summed E-state index contributed by atoms with van der Waals surface area (Å²) < 4.78 is 19.5. The molecular weight excluding hydrogens is 201 g/mol. The van der Waals surface area contributed by atoms with Gasteiger partial charge >= 0.3 is 8.25 Å². The molecule has 4 nitrogen and oxygen atoms in total. The third-order valence-electron chi connectivity index (χ3n) is 1.04. The van der Waals surface area contributed by atoms with E-state index in [4.69, 9.17) is 0 Å². The van der Waals surface area contributed by atoms with Gasteiger partial charge in [0.2, 0.25) is 0 Å². The molecule has 0 spiro atoms. The molecule has 0 unspecified atom stereocenters. The Morgan fingerprint density at radius 1 is 1.07 bits per heavy atom. The van der Waals surface area contributed by atoms with Crippen LogP contribution in [0.5, 0.6) is 0 Å². The topological polar surface area (TPSA) is 48.4 Å². The minimum Gasteiger partial charge on any atom is -0.265 e. The zero-order valence-electron chi connectivity index (χ0n) is 8.42. The summed E-state index contributed by atoms with van der Waals surface area (Å²) in [7, 11) is -1.83. The van der Waals surface area contributed by atoms with Crippen molar-refractivity contribution in [1.82, 2.24) is 4.98 Å². The highest BCUT2D eigenvalue weighted by Gasteiger charge is 2.15. The van der Waals surface area contributed by atoms with Crippen LogP contribution in [0.25, 0.3) is 0 Å². The standard InChI is InChI=1S/C5H5N.C4H10O3P/c1-2-4-6-5-3-1;1-3-6-8(5)7-4-2/h1-5H;3-4H2,1-2H3/q;+1. The van der Waals surface area contributed by atoms with Gasteiger partial charge in [0.25, 0.3) is 0 Å². The maximum absolute atomic E-state index is 10.3. The van der Waals surface area contributed by atoms with E-state index in [2.05, 4.69) is 14.0 Å². The molecule has 0 N–H and O–H groups in total. The second-order valence-electron chi connectivity index (χ2n) is 2.08. The maximum Gasteiger partial charge on any atom is 0.697 e. The van der Waals surface area contributed by atoms with Gasteiger partial charge in [0.1, 0.15) is 13.2 Å². The first-order chi connectivity index (χ1) is 6.81. The molecule has 0 atom stereocenters. The highest BCUT2D eigenvalue weighted by atomic mass is 31.1. The van der Waals surface area contributed by atoms with Gasteiger partial charge in [-0.05, 0) is 26.0 Å². The minimum atomic E-state index is -1.83. The van der Waals surface area contributed by atoms with E-state index in [9.17, 15) is 4.57 Å². The van der Waals surface area contributed by atoms with Crippen LogP contribution < -0.4 is 0 Å². The summed E-state index contributed by atoms with van der Waals surface area (Å²) in [5.41, 5.74) is 0. The summed E-state index contributed by atoms with van der Waals surface area (Å²) in [6, 6.07) is 5.72. The van der Waals surface area contributed by atoms with Gasteiger partial charge in [0.15, 0.2) is 0 Å². The Kier molecular flexibility index (Phi) is 9.64. The van der Waals surface area contributed by atoms with Gasteiger partial charge in [-0.3, -0.25) is 4.98 Å². The summed E-state index contributed by atoms with van der Waals surface area (Å²) in [4.78, 5) is 3.78. The van der Waals surface area contributed by atoms with E-state index in [0.717, 1.165) is 0 Å². The lowest BCUT2D eigenvalue weighted by atomic mass is 10.5. The Balaban J connectivity index is 0.000000249. The number of nitrogens with zero attached hydrogens (tertiary/aromatic N) is 1. The molecule has 0 saturated carbocycles. The Morgan fingerprint density at radius 2 is 1.57 bits per heavy atom. The van der Waals surface area contributed by atoms with E-state index >= 15 is 0 Å². The van der Waals surface area contributed by atoms with Gasteiger partial charge in [-0.25, -0.2) is 0 Å². The average molecular weight is 216 g/mol. The molecule has 0 aliphatic rings.